The van der Waals surface area contributed by atoms with E-state index in [2.05, 4.69) is 11.5 Å². The molecule has 0 aliphatic rings. The molecule has 0 bridgehead atoms. The van der Waals surface area contributed by atoms with Crippen LogP contribution in [0.1, 0.15) is 58.8 Å². The van der Waals surface area contributed by atoms with E-state index < -0.39 is 0 Å². The van der Waals surface area contributed by atoms with Crippen molar-refractivity contribution in [3.8, 4) is 0 Å². The Morgan fingerprint density at radius 3 is 2.38 bits per heavy atom. The van der Waals surface area contributed by atoms with Crippen LogP contribution in [-0.4, -0.2) is 35.2 Å². The van der Waals surface area contributed by atoms with Gasteiger partial charge in [0.25, 0.3) is 0 Å². The Labute approximate surface area is 170 Å². The topological polar surface area (TPSA) is 70.4 Å². The molecule has 3 aromatic rings. The number of aryl methyl sites for hydroxylation is 1. The van der Waals surface area contributed by atoms with Crippen LogP contribution in [0.25, 0.3) is 11.0 Å². The van der Waals surface area contributed by atoms with Gasteiger partial charge in [-0.1, -0.05) is 25.5 Å². The van der Waals surface area contributed by atoms with Crippen molar-refractivity contribution >= 4 is 23.0 Å². The molecule has 0 saturated heterocycles. The van der Waals surface area contributed by atoms with E-state index in [0.717, 1.165) is 41.7 Å². The van der Waals surface area contributed by atoms with Crippen LogP contribution in [0.15, 0.2) is 42.5 Å². The number of imidazole rings is 1. The second kappa shape index (κ2) is 9.37. The molecule has 0 saturated carbocycles. The Balaban J connectivity index is 1.99. The number of benzene rings is 2. The minimum Gasteiger partial charge on any atom is -0.465 e. The number of hydrogen-bond acceptors (Lipinski definition) is 5. The highest BCUT2D eigenvalue weighted by molar-refractivity contribution is 5.94. The molecule has 6 nitrogen and oxygen atoms in total. The second-order valence-electron chi connectivity index (χ2n) is 6.83. The van der Waals surface area contributed by atoms with Crippen LogP contribution in [0, 0.1) is 0 Å². The van der Waals surface area contributed by atoms with Crippen LogP contribution in [-0.2, 0) is 22.4 Å². The van der Waals surface area contributed by atoms with Gasteiger partial charge in [0.05, 0.1) is 35.9 Å². The van der Waals surface area contributed by atoms with E-state index in [1.165, 1.54) is 7.11 Å². The first-order valence-electron chi connectivity index (χ1n) is 9.90. The molecule has 6 heteroatoms. The normalized spacial score (nSPS) is 10.9. The Kier molecular flexibility index (Phi) is 6.65. The number of fused-ring (bicyclic) bond motifs is 1. The summed E-state index contributed by atoms with van der Waals surface area (Å²) >= 11 is 0. The van der Waals surface area contributed by atoms with Crippen molar-refractivity contribution in [2.24, 2.45) is 0 Å². The molecule has 0 aliphatic heterocycles. The molecule has 0 atom stereocenters. The quantitative estimate of drug-likeness (QED) is 0.530. The predicted octanol–water partition coefficient (Wildman–Crippen LogP) is 4.39. The molecule has 29 heavy (non-hydrogen) atoms. The summed E-state index contributed by atoms with van der Waals surface area (Å²) in [6, 6.07) is 12.8. The molecule has 1 heterocycles. The molecule has 3 rings (SSSR count). The van der Waals surface area contributed by atoms with Crippen LogP contribution in [0.5, 0.6) is 0 Å². The van der Waals surface area contributed by atoms with Crippen molar-refractivity contribution in [3.05, 3.63) is 65.0 Å². The lowest BCUT2D eigenvalue weighted by Gasteiger charge is -2.10. The van der Waals surface area contributed by atoms with E-state index in [4.69, 9.17) is 14.5 Å². The lowest BCUT2D eigenvalue weighted by molar-refractivity contribution is 0.0525. The number of aromatic nitrogens is 2. The third-order valence-electron chi connectivity index (χ3n) is 4.81. The van der Waals surface area contributed by atoms with E-state index in [1.54, 1.807) is 25.1 Å². The summed E-state index contributed by atoms with van der Waals surface area (Å²) in [6.07, 6.45) is 2.97. The van der Waals surface area contributed by atoms with E-state index in [9.17, 15) is 9.59 Å². The third kappa shape index (κ3) is 4.65. The van der Waals surface area contributed by atoms with E-state index in [1.807, 2.05) is 24.3 Å². The summed E-state index contributed by atoms with van der Waals surface area (Å²) in [5.41, 5.74) is 3.83. The summed E-state index contributed by atoms with van der Waals surface area (Å²) < 4.78 is 12.0. The number of unbranched alkanes of at least 4 members (excludes halogenated alkanes) is 1. The molecule has 0 unspecified atom stereocenters. The van der Waals surface area contributed by atoms with Gasteiger partial charge in [-0.25, -0.2) is 14.6 Å². The Morgan fingerprint density at radius 2 is 1.72 bits per heavy atom. The fourth-order valence-corrected chi connectivity index (χ4v) is 3.26. The van der Waals surface area contributed by atoms with E-state index in [-0.39, 0.29) is 11.9 Å². The van der Waals surface area contributed by atoms with Gasteiger partial charge in [-0.15, -0.1) is 0 Å². The highest BCUT2D eigenvalue weighted by Gasteiger charge is 2.15. The first-order chi connectivity index (χ1) is 14.1. The van der Waals surface area contributed by atoms with Gasteiger partial charge in [-0.3, -0.25) is 0 Å². The molecular formula is C23H26N2O4. The number of carbonyl (C=O) groups excluding carboxylic acids is 2. The molecular weight excluding hydrogens is 368 g/mol. The molecule has 0 spiro atoms. The maximum atomic E-state index is 12.2. The zero-order valence-corrected chi connectivity index (χ0v) is 17.1. The van der Waals surface area contributed by atoms with Crippen molar-refractivity contribution in [1.29, 1.82) is 0 Å². The lowest BCUT2D eigenvalue weighted by Crippen LogP contribution is -2.08. The number of methoxy groups -OCH3 is 1. The standard InChI is InChI=1S/C23H26N2O4/c1-4-6-7-21-24-19-13-12-18(23(27)29-5-2)14-20(19)25(21)15-16-8-10-17(11-9-16)22(26)28-3/h8-14H,4-7,15H2,1-3H3. The summed E-state index contributed by atoms with van der Waals surface area (Å²) in [7, 11) is 1.37. The number of nitrogens with zero attached hydrogens (tertiary/aromatic N) is 2. The van der Waals surface area contributed by atoms with Crippen molar-refractivity contribution in [3.63, 3.8) is 0 Å². The summed E-state index contributed by atoms with van der Waals surface area (Å²) in [6.45, 7) is 4.88. The number of rotatable bonds is 8. The minimum absolute atomic E-state index is 0.334. The van der Waals surface area contributed by atoms with Gasteiger partial charge in [0, 0.05) is 13.0 Å². The lowest BCUT2D eigenvalue weighted by atomic mass is 10.1. The number of esters is 2. The fraction of sp³-hybridized carbons (Fsp3) is 0.348. The van der Waals surface area contributed by atoms with Gasteiger partial charge in [0.15, 0.2) is 0 Å². The first kappa shape index (κ1) is 20.6. The molecule has 0 amide bonds. The van der Waals surface area contributed by atoms with E-state index in [0.29, 0.717) is 24.3 Å². The SMILES string of the molecule is CCCCc1nc2ccc(C(=O)OCC)cc2n1Cc1ccc(C(=O)OC)cc1. The van der Waals surface area contributed by atoms with Crippen molar-refractivity contribution in [2.45, 2.75) is 39.7 Å². The zero-order valence-electron chi connectivity index (χ0n) is 17.1. The average molecular weight is 394 g/mol. The Morgan fingerprint density at radius 1 is 1.00 bits per heavy atom. The molecule has 0 fully saturated rings. The van der Waals surface area contributed by atoms with Crippen LogP contribution in [0.2, 0.25) is 0 Å². The van der Waals surface area contributed by atoms with Gasteiger partial charge < -0.3 is 14.0 Å². The first-order valence-corrected chi connectivity index (χ1v) is 9.90. The highest BCUT2D eigenvalue weighted by atomic mass is 16.5. The summed E-state index contributed by atoms with van der Waals surface area (Å²) in [5, 5.41) is 0. The highest BCUT2D eigenvalue weighted by Crippen LogP contribution is 2.22. The van der Waals surface area contributed by atoms with Crippen molar-refractivity contribution in [1.82, 2.24) is 9.55 Å². The van der Waals surface area contributed by atoms with Crippen molar-refractivity contribution in [2.75, 3.05) is 13.7 Å². The molecule has 152 valence electrons. The Bertz CT molecular complexity index is 1010. The van der Waals surface area contributed by atoms with Gasteiger partial charge in [0.1, 0.15) is 5.82 Å². The van der Waals surface area contributed by atoms with Gasteiger partial charge in [-0.05, 0) is 49.2 Å². The largest absolute Gasteiger partial charge is 0.465 e. The summed E-state index contributed by atoms with van der Waals surface area (Å²) in [5.74, 6) is 0.298. The van der Waals surface area contributed by atoms with Gasteiger partial charge >= 0.3 is 11.9 Å². The monoisotopic (exact) mass is 394 g/mol. The maximum Gasteiger partial charge on any atom is 0.338 e. The minimum atomic E-state index is -0.354. The van der Waals surface area contributed by atoms with Crippen LogP contribution in [0.4, 0.5) is 0 Å². The summed E-state index contributed by atoms with van der Waals surface area (Å²) in [4.78, 5) is 28.6. The maximum absolute atomic E-state index is 12.2. The molecule has 0 aliphatic carbocycles. The van der Waals surface area contributed by atoms with Gasteiger partial charge in [0.2, 0.25) is 0 Å². The molecule has 2 aromatic carbocycles. The molecule has 0 N–H and O–H groups in total. The smallest absolute Gasteiger partial charge is 0.338 e. The number of carbonyl (C=O) groups is 2. The zero-order chi connectivity index (χ0) is 20.8. The van der Waals surface area contributed by atoms with Crippen molar-refractivity contribution < 1.29 is 19.1 Å². The number of hydrogen-bond donors (Lipinski definition) is 0. The van der Waals surface area contributed by atoms with Crippen LogP contribution in [0.3, 0.4) is 0 Å². The number of ether oxygens (including phenoxy) is 2. The fourth-order valence-electron chi connectivity index (χ4n) is 3.26. The average Bonchev–Trinajstić information content (AvgIpc) is 3.08. The molecule has 0 radical (unpaired) electrons. The van der Waals surface area contributed by atoms with Crippen LogP contribution >= 0.6 is 0 Å². The predicted molar refractivity (Wildman–Crippen MR) is 111 cm³/mol. The Hall–Kier alpha value is -3.15. The van der Waals surface area contributed by atoms with E-state index >= 15 is 0 Å². The van der Waals surface area contributed by atoms with Crippen LogP contribution < -0.4 is 0 Å². The third-order valence-corrected chi connectivity index (χ3v) is 4.81. The molecule has 1 aromatic heterocycles. The second-order valence-corrected chi connectivity index (χ2v) is 6.83. The van der Waals surface area contributed by atoms with Gasteiger partial charge in [-0.2, -0.15) is 0 Å².